The predicted molar refractivity (Wildman–Crippen MR) is 126 cm³/mol. The smallest absolute Gasteiger partial charge is 0.269 e. The summed E-state index contributed by atoms with van der Waals surface area (Å²) in [5, 5.41) is 12.6. The fourth-order valence-corrected chi connectivity index (χ4v) is 5.31. The lowest BCUT2D eigenvalue weighted by molar-refractivity contribution is 0.102. The number of nitrogens with zero attached hydrogens (tertiary/aromatic N) is 2. The molecule has 0 saturated heterocycles. The summed E-state index contributed by atoms with van der Waals surface area (Å²) in [6.07, 6.45) is 1.39. The zero-order valence-electron chi connectivity index (χ0n) is 17.4. The van der Waals surface area contributed by atoms with Gasteiger partial charge >= 0.3 is 0 Å². The Morgan fingerprint density at radius 1 is 0.969 bits per heavy atom. The van der Waals surface area contributed by atoms with Gasteiger partial charge in [-0.25, -0.2) is 13.1 Å². The fourth-order valence-electron chi connectivity index (χ4n) is 3.30. The van der Waals surface area contributed by atoms with Crippen LogP contribution in [0.5, 0.6) is 0 Å². The van der Waals surface area contributed by atoms with Crippen molar-refractivity contribution < 1.29 is 13.2 Å². The Hall–Kier alpha value is -3.14. The molecule has 7 nitrogen and oxygen atoms in total. The Kier molecular flexibility index (Phi) is 6.59. The molecule has 0 spiro atoms. The largest absolute Gasteiger partial charge is 0.296 e. The van der Waals surface area contributed by atoms with Crippen LogP contribution in [0, 0.1) is 6.92 Å². The molecule has 0 radical (unpaired) electrons. The Labute approximate surface area is 190 Å². The van der Waals surface area contributed by atoms with E-state index in [1.54, 1.807) is 12.1 Å². The average molecular weight is 467 g/mol. The Morgan fingerprint density at radius 2 is 1.72 bits per heavy atom. The number of rotatable bonds is 8. The van der Waals surface area contributed by atoms with E-state index in [-0.39, 0.29) is 21.9 Å². The summed E-state index contributed by atoms with van der Waals surface area (Å²) >= 11 is 0.818. The Morgan fingerprint density at radius 3 is 2.53 bits per heavy atom. The number of carbonyl (C=O) groups is 1. The van der Waals surface area contributed by atoms with Gasteiger partial charge in [-0.1, -0.05) is 71.5 Å². The molecule has 0 bridgehead atoms. The van der Waals surface area contributed by atoms with Crippen LogP contribution in [0.1, 0.15) is 27.9 Å². The zero-order valence-corrected chi connectivity index (χ0v) is 19.0. The van der Waals surface area contributed by atoms with E-state index < -0.39 is 10.0 Å². The van der Waals surface area contributed by atoms with Gasteiger partial charge in [-0.15, -0.1) is 10.2 Å². The molecular formula is C23H22N4O3S2. The standard InChI is InChI=1S/C23H22N4O3S2/c1-16-11-13-19(14-12-16)21(28)25-22-26-27-23(31-22)32(29,30)24-15-5-9-18-8-4-7-17-6-2-3-10-20(17)18/h2-4,6-8,10-14,24H,5,9,15H2,1H3,(H,25,26,28). The van der Waals surface area contributed by atoms with Gasteiger partial charge in [-0.05, 0) is 48.2 Å². The molecule has 0 aliphatic rings. The second-order valence-corrected chi connectivity index (χ2v) is 10.3. The van der Waals surface area contributed by atoms with Gasteiger partial charge in [0.15, 0.2) is 0 Å². The van der Waals surface area contributed by atoms with E-state index >= 15 is 0 Å². The minimum Gasteiger partial charge on any atom is -0.296 e. The molecule has 9 heteroatoms. The van der Waals surface area contributed by atoms with Crippen molar-refractivity contribution in [1.29, 1.82) is 0 Å². The number of sulfonamides is 1. The van der Waals surface area contributed by atoms with Gasteiger partial charge in [0.1, 0.15) is 0 Å². The zero-order chi connectivity index (χ0) is 22.6. The summed E-state index contributed by atoms with van der Waals surface area (Å²) < 4.78 is 27.5. The first-order chi connectivity index (χ1) is 15.4. The number of carbonyl (C=O) groups excluding carboxylic acids is 1. The van der Waals surface area contributed by atoms with Crippen molar-refractivity contribution >= 4 is 43.2 Å². The third-order valence-corrected chi connectivity index (χ3v) is 7.63. The number of benzene rings is 3. The highest BCUT2D eigenvalue weighted by atomic mass is 32.2. The van der Waals surface area contributed by atoms with Crippen LogP contribution in [0.2, 0.25) is 0 Å². The third-order valence-electron chi connectivity index (χ3n) is 4.97. The lowest BCUT2D eigenvalue weighted by Crippen LogP contribution is -2.25. The van der Waals surface area contributed by atoms with Crippen molar-refractivity contribution in [2.45, 2.75) is 24.1 Å². The van der Waals surface area contributed by atoms with Crippen LogP contribution >= 0.6 is 11.3 Å². The van der Waals surface area contributed by atoms with E-state index in [4.69, 9.17) is 0 Å². The maximum absolute atomic E-state index is 12.5. The monoisotopic (exact) mass is 466 g/mol. The van der Waals surface area contributed by atoms with E-state index in [0.717, 1.165) is 23.3 Å². The molecule has 0 aliphatic heterocycles. The van der Waals surface area contributed by atoms with Crippen LogP contribution in [-0.4, -0.2) is 31.1 Å². The first kappa shape index (κ1) is 22.1. The maximum Gasteiger partial charge on any atom is 0.269 e. The highest BCUT2D eigenvalue weighted by Gasteiger charge is 2.20. The maximum atomic E-state index is 12.5. The molecule has 4 aromatic rings. The van der Waals surface area contributed by atoms with Crippen molar-refractivity contribution in [2.75, 3.05) is 11.9 Å². The number of fused-ring (bicyclic) bond motifs is 1. The molecule has 2 N–H and O–H groups in total. The van der Waals surface area contributed by atoms with Gasteiger partial charge in [-0.2, -0.15) is 0 Å². The normalized spacial score (nSPS) is 11.5. The number of anilines is 1. The molecule has 0 fully saturated rings. The first-order valence-electron chi connectivity index (χ1n) is 10.1. The van der Waals surface area contributed by atoms with Crippen LogP contribution < -0.4 is 10.0 Å². The lowest BCUT2D eigenvalue weighted by atomic mass is 10.0. The fraction of sp³-hybridized carbons (Fsp3) is 0.174. The molecular weight excluding hydrogens is 444 g/mol. The Bertz CT molecular complexity index is 1340. The van der Waals surface area contributed by atoms with Crippen molar-refractivity contribution in [3.8, 4) is 0 Å². The molecule has 0 unspecified atom stereocenters. The summed E-state index contributed by atoms with van der Waals surface area (Å²) in [7, 11) is -3.80. The number of hydrogen-bond acceptors (Lipinski definition) is 6. The van der Waals surface area contributed by atoms with E-state index in [9.17, 15) is 13.2 Å². The van der Waals surface area contributed by atoms with Gasteiger partial charge in [0, 0.05) is 12.1 Å². The average Bonchev–Trinajstić information content (AvgIpc) is 3.27. The van der Waals surface area contributed by atoms with E-state index in [1.807, 2.05) is 37.3 Å². The third kappa shape index (κ3) is 5.18. The molecule has 1 heterocycles. The highest BCUT2D eigenvalue weighted by Crippen LogP contribution is 2.22. The summed E-state index contributed by atoms with van der Waals surface area (Å²) in [6.45, 7) is 2.20. The molecule has 32 heavy (non-hydrogen) atoms. The molecule has 0 aliphatic carbocycles. The van der Waals surface area contributed by atoms with Gasteiger partial charge in [0.2, 0.25) is 9.47 Å². The lowest BCUT2D eigenvalue weighted by Gasteiger charge is -2.07. The van der Waals surface area contributed by atoms with E-state index in [2.05, 4.69) is 44.5 Å². The Balaban J connectivity index is 1.33. The van der Waals surface area contributed by atoms with Crippen LogP contribution in [0.25, 0.3) is 10.8 Å². The van der Waals surface area contributed by atoms with Gasteiger partial charge in [0.25, 0.3) is 15.9 Å². The second-order valence-electron chi connectivity index (χ2n) is 7.33. The summed E-state index contributed by atoms with van der Waals surface area (Å²) in [5.41, 5.74) is 2.68. The molecule has 164 valence electrons. The minimum atomic E-state index is -3.80. The van der Waals surface area contributed by atoms with Gasteiger partial charge in [-0.3, -0.25) is 10.1 Å². The molecule has 0 atom stereocenters. The van der Waals surface area contributed by atoms with Crippen molar-refractivity contribution in [2.24, 2.45) is 0 Å². The highest BCUT2D eigenvalue weighted by molar-refractivity contribution is 7.91. The van der Waals surface area contributed by atoms with E-state index in [0.29, 0.717) is 12.0 Å². The van der Waals surface area contributed by atoms with Crippen LogP contribution in [-0.2, 0) is 16.4 Å². The molecule has 0 saturated carbocycles. The quantitative estimate of drug-likeness (QED) is 0.300. The molecule has 3 aromatic carbocycles. The van der Waals surface area contributed by atoms with Gasteiger partial charge < -0.3 is 0 Å². The first-order valence-corrected chi connectivity index (χ1v) is 12.4. The summed E-state index contributed by atoms with van der Waals surface area (Å²) in [4.78, 5) is 12.3. The van der Waals surface area contributed by atoms with Crippen LogP contribution in [0.4, 0.5) is 5.13 Å². The SMILES string of the molecule is Cc1ccc(C(=O)Nc2nnc(S(=O)(=O)NCCCc3cccc4ccccc34)s2)cc1. The topological polar surface area (TPSA) is 101 Å². The number of hydrogen-bond donors (Lipinski definition) is 2. The summed E-state index contributed by atoms with van der Waals surface area (Å²) in [5.74, 6) is -0.367. The number of aromatic nitrogens is 2. The second kappa shape index (κ2) is 9.56. The van der Waals surface area contributed by atoms with E-state index in [1.165, 1.54) is 16.3 Å². The molecule has 4 rings (SSSR count). The van der Waals surface area contributed by atoms with Crippen LogP contribution in [0.15, 0.2) is 71.1 Å². The number of aryl methyl sites for hydroxylation is 2. The van der Waals surface area contributed by atoms with Crippen molar-refractivity contribution in [3.05, 3.63) is 83.4 Å². The predicted octanol–water partition coefficient (Wildman–Crippen LogP) is 4.16. The minimum absolute atomic E-state index is 0.131. The van der Waals surface area contributed by atoms with Gasteiger partial charge in [0.05, 0.1) is 0 Å². The number of nitrogens with one attached hydrogen (secondary N) is 2. The number of amides is 1. The summed E-state index contributed by atoms with van der Waals surface area (Å²) in [6, 6.07) is 21.3. The molecule has 1 aromatic heterocycles. The van der Waals surface area contributed by atoms with Crippen molar-refractivity contribution in [1.82, 2.24) is 14.9 Å². The van der Waals surface area contributed by atoms with Crippen molar-refractivity contribution in [3.63, 3.8) is 0 Å². The van der Waals surface area contributed by atoms with Crippen LogP contribution in [0.3, 0.4) is 0 Å². The molecule has 1 amide bonds.